The number of rotatable bonds is 1. The molecule has 0 bridgehead atoms. The standard InChI is InChI=1S/C13H23NO6/c1-12(2,3)20-11(17)14-8-7(6-15)18-10(16)9(8)19-13(14,4)5/h7-10,15-16H,6H2,1-5H3/t7-,8-,9-,10?/m1/s1. The lowest BCUT2D eigenvalue weighted by atomic mass is 10.1. The van der Waals surface area contributed by atoms with Gasteiger partial charge in [0, 0.05) is 0 Å². The zero-order valence-electron chi connectivity index (χ0n) is 12.5. The van der Waals surface area contributed by atoms with Gasteiger partial charge >= 0.3 is 6.09 Å². The topological polar surface area (TPSA) is 88.5 Å². The smallest absolute Gasteiger partial charge is 0.413 e. The SMILES string of the molecule is CC(C)(C)OC(=O)N1[C@@H]2[C@@H](CO)OC(O)[C@@H]2OC1(C)C. The summed E-state index contributed by atoms with van der Waals surface area (Å²) in [7, 11) is 0. The Morgan fingerprint density at radius 1 is 1.40 bits per heavy atom. The van der Waals surface area contributed by atoms with Gasteiger partial charge < -0.3 is 24.4 Å². The van der Waals surface area contributed by atoms with Gasteiger partial charge in [-0.05, 0) is 34.6 Å². The summed E-state index contributed by atoms with van der Waals surface area (Å²) in [5.74, 6) is 0. The van der Waals surface area contributed by atoms with Gasteiger partial charge in [0.15, 0.2) is 6.29 Å². The molecular formula is C13H23NO6. The van der Waals surface area contributed by atoms with Gasteiger partial charge in [0.05, 0.1) is 12.6 Å². The highest BCUT2D eigenvalue weighted by atomic mass is 16.7. The minimum Gasteiger partial charge on any atom is -0.444 e. The summed E-state index contributed by atoms with van der Waals surface area (Å²) in [6, 6.07) is -0.570. The molecule has 0 radical (unpaired) electrons. The van der Waals surface area contributed by atoms with Crippen LogP contribution in [0.3, 0.4) is 0 Å². The first-order chi connectivity index (χ1) is 9.07. The highest BCUT2D eigenvalue weighted by Gasteiger charge is 2.60. The van der Waals surface area contributed by atoms with E-state index in [4.69, 9.17) is 14.2 Å². The van der Waals surface area contributed by atoms with Crippen molar-refractivity contribution in [1.82, 2.24) is 4.90 Å². The molecule has 2 saturated heterocycles. The summed E-state index contributed by atoms with van der Waals surface area (Å²) in [5.41, 5.74) is -1.58. The monoisotopic (exact) mass is 289 g/mol. The van der Waals surface area contributed by atoms with Crippen molar-refractivity contribution in [2.75, 3.05) is 6.61 Å². The van der Waals surface area contributed by atoms with Crippen molar-refractivity contribution in [3.8, 4) is 0 Å². The normalized spacial score (nSPS) is 36.0. The second kappa shape index (κ2) is 4.84. The molecule has 0 aromatic rings. The molecular weight excluding hydrogens is 266 g/mol. The third kappa shape index (κ3) is 2.63. The van der Waals surface area contributed by atoms with Gasteiger partial charge in [0.2, 0.25) is 0 Å². The number of aliphatic hydroxyl groups is 2. The van der Waals surface area contributed by atoms with Gasteiger partial charge in [0.25, 0.3) is 0 Å². The molecule has 2 rings (SSSR count). The Morgan fingerprint density at radius 3 is 2.50 bits per heavy atom. The quantitative estimate of drug-likeness (QED) is 0.728. The van der Waals surface area contributed by atoms with Crippen LogP contribution in [-0.2, 0) is 14.2 Å². The van der Waals surface area contributed by atoms with E-state index in [9.17, 15) is 15.0 Å². The second-order valence-corrected chi connectivity index (χ2v) is 6.62. The average Bonchev–Trinajstić information content (AvgIpc) is 2.69. The van der Waals surface area contributed by atoms with Crippen molar-refractivity contribution in [1.29, 1.82) is 0 Å². The van der Waals surface area contributed by atoms with E-state index >= 15 is 0 Å². The Morgan fingerprint density at radius 2 is 2.00 bits per heavy atom. The van der Waals surface area contributed by atoms with Crippen LogP contribution in [0, 0.1) is 0 Å². The Labute approximate surface area is 118 Å². The fraction of sp³-hybridized carbons (Fsp3) is 0.923. The average molecular weight is 289 g/mol. The maximum absolute atomic E-state index is 12.4. The lowest BCUT2D eigenvalue weighted by molar-refractivity contribution is -0.187. The molecule has 0 aliphatic carbocycles. The molecule has 2 aliphatic rings. The van der Waals surface area contributed by atoms with Gasteiger partial charge in [-0.3, -0.25) is 4.90 Å². The van der Waals surface area contributed by atoms with Crippen LogP contribution >= 0.6 is 0 Å². The van der Waals surface area contributed by atoms with Crippen molar-refractivity contribution in [2.45, 2.75) is 70.5 Å². The van der Waals surface area contributed by atoms with Crippen LogP contribution in [0.2, 0.25) is 0 Å². The van der Waals surface area contributed by atoms with Gasteiger partial charge in [0.1, 0.15) is 23.5 Å². The summed E-state index contributed by atoms with van der Waals surface area (Å²) in [6.07, 6.45) is -3.09. The van der Waals surface area contributed by atoms with E-state index < -0.39 is 42.0 Å². The first-order valence-electron chi connectivity index (χ1n) is 6.71. The molecule has 0 aromatic heterocycles. The predicted molar refractivity (Wildman–Crippen MR) is 68.8 cm³/mol. The van der Waals surface area contributed by atoms with Crippen LogP contribution in [0.25, 0.3) is 0 Å². The molecule has 20 heavy (non-hydrogen) atoms. The molecule has 4 atom stereocenters. The van der Waals surface area contributed by atoms with Crippen LogP contribution in [-0.4, -0.2) is 63.7 Å². The van der Waals surface area contributed by atoms with Crippen LogP contribution in [0.15, 0.2) is 0 Å². The van der Waals surface area contributed by atoms with E-state index in [1.165, 1.54) is 4.90 Å². The van der Waals surface area contributed by atoms with Crippen molar-refractivity contribution in [3.05, 3.63) is 0 Å². The number of amides is 1. The summed E-state index contributed by atoms with van der Waals surface area (Å²) >= 11 is 0. The third-order valence-electron chi connectivity index (χ3n) is 3.39. The van der Waals surface area contributed by atoms with Crippen LogP contribution < -0.4 is 0 Å². The highest BCUT2D eigenvalue weighted by molar-refractivity contribution is 5.70. The van der Waals surface area contributed by atoms with E-state index in [1.54, 1.807) is 34.6 Å². The molecule has 116 valence electrons. The minimum absolute atomic E-state index is 0.309. The van der Waals surface area contributed by atoms with E-state index in [-0.39, 0.29) is 6.61 Å². The van der Waals surface area contributed by atoms with E-state index in [2.05, 4.69) is 0 Å². The number of nitrogens with zero attached hydrogens (tertiary/aromatic N) is 1. The van der Waals surface area contributed by atoms with Crippen molar-refractivity contribution in [2.24, 2.45) is 0 Å². The number of hydrogen-bond donors (Lipinski definition) is 2. The van der Waals surface area contributed by atoms with E-state index in [1.807, 2.05) is 0 Å². The molecule has 2 fully saturated rings. The van der Waals surface area contributed by atoms with Crippen LogP contribution in [0.4, 0.5) is 4.79 Å². The maximum atomic E-state index is 12.4. The first kappa shape index (κ1) is 15.5. The molecule has 2 N–H and O–H groups in total. The Balaban J connectivity index is 2.27. The number of carbonyl (C=O) groups is 1. The summed E-state index contributed by atoms with van der Waals surface area (Å²) < 4.78 is 16.3. The van der Waals surface area contributed by atoms with Gasteiger partial charge in [-0.25, -0.2) is 4.79 Å². The van der Waals surface area contributed by atoms with Crippen LogP contribution in [0.1, 0.15) is 34.6 Å². The molecule has 0 spiro atoms. The van der Waals surface area contributed by atoms with E-state index in [0.29, 0.717) is 0 Å². The minimum atomic E-state index is -1.16. The van der Waals surface area contributed by atoms with Crippen molar-refractivity contribution < 1.29 is 29.2 Å². The number of ether oxygens (including phenoxy) is 3. The van der Waals surface area contributed by atoms with E-state index in [0.717, 1.165) is 0 Å². The second-order valence-electron chi connectivity index (χ2n) is 6.62. The molecule has 2 heterocycles. The molecule has 2 aliphatic heterocycles. The summed E-state index contributed by atoms with van der Waals surface area (Å²) in [6.45, 7) is 8.45. The van der Waals surface area contributed by atoms with Crippen molar-refractivity contribution >= 4 is 6.09 Å². The molecule has 7 nitrogen and oxygen atoms in total. The molecule has 7 heteroatoms. The third-order valence-corrected chi connectivity index (χ3v) is 3.39. The molecule has 0 aromatic carbocycles. The van der Waals surface area contributed by atoms with Gasteiger partial charge in [-0.15, -0.1) is 0 Å². The highest BCUT2D eigenvalue weighted by Crippen LogP contribution is 2.41. The molecule has 1 amide bonds. The fourth-order valence-electron chi connectivity index (χ4n) is 2.71. The zero-order valence-corrected chi connectivity index (χ0v) is 12.5. The lowest BCUT2D eigenvalue weighted by Gasteiger charge is -2.36. The van der Waals surface area contributed by atoms with Crippen LogP contribution in [0.5, 0.6) is 0 Å². The summed E-state index contributed by atoms with van der Waals surface area (Å²) in [4.78, 5) is 13.8. The van der Waals surface area contributed by atoms with Gasteiger partial charge in [-0.1, -0.05) is 0 Å². The number of fused-ring (bicyclic) bond motifs is 1. The van der Waals surface area contributed by atoms with Crippen molar-refractivity contribution in [3.63, 3.8) is 0 Å². The number of hydrogen-bond acceptors (Lipinski definition) is 6. The Hall–Kier alpha value is -0.890. The fourth-order valence-corrected chi connectivity index (χ4v) is 2.71. The largest absolute Gasteiger partial charge is 0.444 e. The number of carbonyl (C=O) groups excluding carboxylic acids is 1. The lowest BCUT2D eigenvalue weighted by Crippen LogP contribution is -2.53. The zero-order chi connectivity index (χ0) is 15.3. The Kier molecular flexibility index (Phi) is 3.75. The predicted octanol–water partition coefficient (Wildman–Crippen LogP) is 0.436. The number of aliphatic hydroxyl groups excluding tert-OH is 2. The molecule has 0 saturated carbocycles. The Bertz CT molecular complexity index is 391. The van der Waals surface area contributed by atoms with Gasteiger partial charge in [-0.2, -0.15) is 0 Å². The summed E-state index contributed by atoms with van der Waals surface area (Å²) in [5, 5.41) is 19.2. The first-order valence-corrected chi connectivity index (χ1v) is 6.71. The molecule has 1 unspecified atom stereocenters. The maximum Gasteiger partial charge on any atom is 0.413 e.